The van der Waals surface area contributed by atoms with Crippen LogP contribution in [0.25, 0.3) is 0 Å². The summed E-state index contributed by atoms with van der Waals surface area (Å²) >= 11 is 2.47. The van der Waals surface area contributed by atoms with Crippen LogP contribution < -0.4 is 10.6 Å². The molecule has 0 spiro atoms. The lowest BCUT2D eigenvalue weighted by molar-refractivity contribution is -0.139. The minimum Gasteiger partial charge on any atom is -0.346 e. The van der Waals surface area contributed by atoms with E-state index in [9.17, 15) is 18.0 Å². The van der Waals surface area contributed by atoms with Crippen molar-refractivity contribution in [2.24, 2.45) is 0 Å². The maximum absolute atomic E-state index is 13.0. The minimum absolute atomic E-state index is 0.0173. The van der Waals surface area contributed by atoms with Crippen molar-refractivity contribution in [1.82, 2.24) is 10.6 Å². The monoisotopic (exact) mass is 440 g/mol. The number of thiophene rings is 2. The van der Waals surface area contributed by atoms with Gasteiger partial charge < -0.3 is 10.6 Å². The molecule has 0 aromatic carbocycles. The Morgan fingerprint density at radius 2 is 1.68 bits per heavy atom. The molecule has 0 saturated heterocycles. The third-order valence-electron chi connectivity index (χ3n) is 4.86. The molecule has 1 atom stereocenters. The van der Waals surface area contributed by atoms with Crippen molar-refractivity contribution in [2.45, 2.75) is 54.0 Å². The van der Waals surface area contributed by atoms with Crippen LogP contribution in [-0.2, 0) is 19.4 Å². The highest BCUT2D eigenvalue weighted by Crippen LogP contribution is 2.33. The summed E-state index contributed by atoms with van der Waals surface area (Å²) in [7, 11) is -3.65. The third-order valence-corrected chi connectivity index (χ3v) is 9.50. The summed E-state index contributed by atoms with van der Waals surface area (Å²) in [5, 5.41) is 7.90. The van der Waals surface area contributed by atoms with Crippen LogP contribution in [0.4, 0.5) is 0 Å². The number of carbonyl (C=O) groups is 2. The highest BCUT2D eigenvalue weighted by molar-refractivity contribution is 7.93. The second kappa shape index (κ2) is 9.67. The Morgan fingerprint density at radius 1 is 1.00 bits per heavy atom. The molecule has 1 aliphatic rings. The van der Waals surface area contributed by atoms with E-state index in [1.165, 1.54) is 11.3 Å². The topological polar surface area (TPSA) is 92.3 Å². The molecule has 2 heterocycles. The second-order valence-electron chi connectivity index (χ2n) is 6.85. The fraction of sp³-hybridized carbons (Fsp3) is 0.474. The van der Waals surface area contributed by atoms with Gasteiger partial charge >= 0.3 is 11.8 Å². The molecule has 0 aliphatic heterocycles. The van der Waals surface area contributed by atoms with E-state index in [2.05, 4.69) is 10.6 Å². The maximum Gasteiger partial charge on any atom is 0.309 e. The van der Waals surface area contributed by atoms with E-state index in [0.717, 1.165) is 49.9 Å². The molecular weight excluding hydrogens is 416 g/mol. The van der Waals surface area contributed by atoms with E-state index in [1.807, 2.05) is 0 Å². The van der Waals surface area contributed by atoms with Crippen LogP contribution in [-0.4, -0.2) is 32.8 Å². The second-order valence-corrected chi connectivity index (χ2v) is 11.1. The summed E-state index contributed by atoms with van der Waals surface area (Å²) in [5.74, 6) is -1.47. The van der Waals surface area contributed by atoms with Gasteiger partial charge in [0.2, 0.25) is 0 Å². The highest BCUT2D eigenvalue weighted by Gasteiger charge is 2.32. The smallest absolute Gasteiger partial charge is 0.309 e. The molecular formula is C19H24N2O4S3. The Kier molecular flexibility index (Phi) is 7.25. The number of hydrogen-bond acceptors (Lipinski definition) is 6. The van der Waals surface area contributed by atoms with E-state index in [4.69, 9.17) is 0 Å². The van der Waals surface area contributed by atoms with E-state index >= 15 is 0 Å². The maximum atomic E-state index is 13.0. The average molecular weight is 441 g/mol. The van der Waals surface area contributed by atoms with Crippen LogP contribution in [0, 0.1) is 0 Å². The lowest BCUT2D eigenvalue weighted by atomic mass is 10.1. The lowest BCUT2D eigenvalue weighted by Gasteiger charge is -2.18. The molecule has 28 heavy (non-hydrogen) atoms. The van der Waals surface area contributed by atoms with Crippen molar-refractivity contribution in [3.8, 4) is 0 Å². The zero-order chi connectivity index (χ0) is 20.0. The molecule has 6 nitrogen and oxygen atoms in total. The normalized spacial score (nSPS) is 16.9. The zero-order valence-corrected chi connectivity index (χ0v) is 17.9. The number of sulfone groups is 1. The highest BCUT2D eigenvalue weighted by atomic mass is 32.2. The molecule has 1 saturated carbocycles. The standard InChI is InChI=1S/C19H24N2O4S3/c22-18(19(23)21-14-7-3-1-2-4-8-14)20-13-16(15-9-5-11-26-15)28(24,25)17-10-6-12-27-17/h5-6,9-12,14,16H,1-4,7-8,13H2,(H,20,22)(H,21,23)/t16-/m0/s1. The molecule has 0 unspecified atom stereocenters. The van der Waals surface area contributed by atoms with Crippen LogP contribution in [0.3, 0.4) is 0 Å². The van der Waals surface area contributed by atoms with Gasteiger partial charge in [-0.05, 0) is 35.7 Å². The van der Waals surface area contributed by atoms with Gasteiger partial charge in [-0.15, -0.1) is 22.7 Å². The molecule has 2 N–H and O–H groups in total. The van der Waals surface area contributed by atoms with E-state index in [-0.39, 0.29) is 16.8 Å². The van der Waals surface area contributed by atoms with Crippen LogP contribution in [0.5, 0.6) is 0 Å². The Bertz CT molecular complexity index is 868. The van der Waals surface area contributed by atoms with Crippen LogP contribution >= 0.6 is 22.7 Å². The summed E-state index contributed by atoms with van der Waals surface area (Å²) in [6, 6.07) is 6.77. The summed E-state index contributed by atoms with van der Waals surface area (Å²) in [6.45, 7) is -0.141. The largest absolute Gasteiger partial charge is 0.346 e. The van der Waals surface area contributed by atoms with Crippen LogP contribution in [0.15, 0.2) is 39.2 Å². The first-order valence-corrected chi connectivity index (χ1v) is 12.7. The summed E-state index contributed by atoms with van der Waals surface area (Å²) in [5.41, 5.74) is 0. The Labute approximate surface area is 173 Å². The molecule has 0 radical (unpaired) electrons. The molecule has 3 rings (SSSR count). The predicted octanol–water partition coefficient (Wildman–Crippen LogP) is 3.28. The quantitative estimate of drug-likeness (QED) is 0.533. The van der Waals surface area contributed by atoms with Gasteiger partial charge in [0.05, 0.1) is 0 Å². The van der Waals surface area contributed by atoms with Gasteiger partial charge in [0.15, 0.2) is 9.84 Å². The average Bonchev–Trinajstić information content (AvgIpc) is 3.34. The number of hydrogen-bond donors (Lipinski definition) is 2. The van der Waals surface area contributed by atoms with Crippen LogP contribution in [0.2, 0.25) is 0 Å². The summed E-state index contributed by atoms with van der Waals surface area (Å²) < 4.78 is 26.2. The molecule has 2 aromatic rings. The summed E-state index contributed by atoms with van der Waals surface area (Å²) in [4.78, 5) is 25.1. The van der Waals surface area contributed by atoms with Crippen molar-refractivity contribution >= 4 is 44.3 Å². The first-order chi connectivity index (χ1) is 13.5. The summed E-state index contributed by atoms with van der Waals surface area (Å²) in [6.07, 6.45) is 6.16. The molecule has 152 valence electrons. The van der Waals surface area contributed by atoms with E-state index < -0.39 is 26.9 Å². The SMILES string of the molecule is O=C(NC[C@@H](c1cccs1)S(=O)(=O)c1cccs1)C(=O)NC1CCCCCC1. The van der Waals surface area contributed by atoms with Gasteiger partial charge in [-0.2, -0.15) is 0 Å². The molecule has 1 aliphatic carbocycles. The van der Waals surface area contributed by atoms with Crippen LogP contribution in [0.1, 0.15) is 48.7 Å². The van der Waals surface area contributed by atoms with Gasteiger partial charge in [0.1, 0.15) is 9.46 Å². The number of carbonyl (C=O) groups excluding carboxylic acids is 2. The van der Waals surface area contributed by atoms with Crippen molar-refractivity contribution in [3.63, 3.8) is 0 Å². The molecule has 0 bridgehead atoms. The van der Waals surface area contributed by atoms with Crippen molar-refractivity contribution in [3.05, 3.63) is 39.9 Å². The Balaban J connectivity index is 1.65. The Hall–Kier alpha value is -1.71. The van der Waals surface area contributed by atoms with Gasteiger partial charge in [-0.1, -0.05) is 37.8 Å². The third kappa shape index (κ3) is 5.21. The predicted molar refractivity (Wildman–Crippen MR) is 111 cm³/mol. The molecule has 1 fully saturated rings. The van der Waals surface area contributed by atoms with Gasteiger partial charge in [-0.25, -0.2) is 8.42 Å². The van der Waals surface area contributed by atoms with Gasteiger partial charge in [0.25, 0.3) is 0 Å². The van der Waals surface area contributed by atoms with Crippen molar-refractivity contribution in [1.29, 1.82) is 0 Å². The zero-order valence-electron chi connectivity index (χ0n) is 15.4. The van der Waals surface area contributed by atoms with Gasteiger partial charge in [-0.3, -0.25) is 9.59 Å². The van der Waals surface area contributed by atoms with Crippen molar-refractivity contribution in [2.75, 3.05) is 6.54 Å². The van der Waals surface area contributed by atoms with E-state index in [1.54, 1.807) is 35.0 Å². The van der Waals surface area contributed by atoms with Crippen molar-refractivity contribution < 1.29 is 18.0 Å². The minimum atomic E-state index is -3.65. The molecule has 9 heteroatoms. The van der Waals surface area contributed by atoms with E-state index in [0.29, 0.717) is 4.88 Å². The number of rotatable bonds is 6. The fourth-order valence-corrected chi connectivity index (χ4v) is 7.33. The molecule has 2 amide bonds. The fourth-order valence-electron chi connectivity index (χ4n) is 3.34. The molecule has 2 aromatic heterocycles. The first kappa shape index (κ1) is 21.0. The number of amides is 2. The lowest BCUT2D eigenvalue weighted by Crippen LogP contribution is -2.45. The first-order valence-electron chi connectivity index (χ1n) is 9.38. The Morgan fingerprint density at radius 3 is 2.29 bits per heavy atom. The van der Waals surface area contributed by atoms with Gasteiger partial charge in [0, 0.05) is 17.5 Å². The number of nitrogens with one attached hydrogen (secondary N) is 2.